The van der Waals surface area contributed by atoms with E-state index in [2.05, 4.69) is 4.98 Å². The van der Waals surface area contributed by atoms with Crippen LogP contribution in [0.25, 0.3) is 10.2 Å². The van der Waals surface area contributed by atoms with Crippen LogP contribution in [0.4, 0.5) is 0 Å². The molecule has 0 amide bonds. The highest BCUT2D eigenvalue weighted by atomic mass is 35.5. The highest BCUT2D eigenvalue weighted by molar-refractivity contribution is 7.88. The molecule has 2 aromatic rings. The van der Waals surface area contributed by atoms with Gasteiger partial charge < -0.3 is 9.31 Å². The van der Waals surface area contributed by atoms with Gasteiger partial charge in [0.05, 0.1) is 21.4 Å². The molecule has 1 aromatic carbocycles. The van der Waals surface area contributed by atoms with Crippen molar-refractivity contribution in [1.82, 2.24) is 4.98 Å². The lowest BCUT2D eigenvalue weighted by Crippen LogP contribution is -2.41. The number of hydrogen-bond acceptors (Lipinski definition) is 6. The molecule has 10 heteroatoms. The average Bonchev–Trinajstić information content (AvgIpc) is 2.87. The van der Waals surface area contributed by atoms with Crippen LogP contribution < -0.4 is 5.46 Å². The first kappa shape index (κ1) is 17.1. The van der Waals surface area contributed by atoms with Crippen LogP contribution in [0.5, 0.6) is 0 Å². The fraction of sp³-hybridized carbons (Fsp3) is 0.462. The molecule has 0 radical (unpaired) electrons. The fourth-order valence-electron chi connectivity index (χ4n) is 2.26. The van der Waals surface area contributed by atoms with Crippen LogP contribution in [0.1, 0.15) is 27.7 Å². The van der Waals surface area contributed by atoms with E-state index in [4.69, 9.17) is 20.9 Å². The molecule has 2 heterocycles. The second kappa shape index (κ2) is 5.14. The Morgan fingerprint density at radius 1 is 1.22 bits per heavy atom. The molecule has 0 unspecified atom stereocenters. The Kier molecular flexibility index (Phi) is 3.83. The maximum atomic E-state index is 11.3. The number of benzene rings is 1. The number of thiazole rings is 1. The Hall–Kier alpha value is -0.705. The van der Waals surface area contributed by atoms with E-state index in [1.165, 1.54) is 0 Å². The van der Waals surface area contributed by atoms with E-state index in [0.29, 0.717) is 20.7 Å². The molecule has 1 aliphatic rings. The Bertz CT molecular complexity index is 877. The lowest BCUT2D eigenvalue weighted by molar-refractivity contribution is 0.00578. The van der Waals surface area contributed by atoms with Crippen molar-refractivity contribution in [2.75, 3.05) is 0 Å². The third-order valence-corrected chi connectivity index (χ3v) is 6.63. The quantitative estimate of drug-likeness (QED) is 0.641. The minimum atomic E-state index is -4.38. The van der Waals surface area contributed by atoms with Gasteiger partial charge in [0.25, 0.3) is 0 Å². The van der Waals surface area contributed by atoms with Crippen molar-refractivity contribution in [1.29, 1.82) is 0 Å². The van der Waals surface area contributed by atoms with Crippen LogP contribution in [-0.4, -0.2) is 36.3 Å². The van der Waals surface area contributed by atoms with Crippen molar-refractivity contribution < 1.29 is 22.3 Å². The Morgan fingerprint density at radius 2 is 1.78 bits per heavy atom. The normalized spacial score (nSPS) is 20.3. The van der Waals surface area contributed by atoms with Crippen LogP contribution >= 0.6 is 22.9 Å². The number of hydrogen-bond donors (Lipinski definition) is 1. The Balaban J connectivity index is 2.17. The van der Waals surface area contributed by atoms with Gasteiger partial charge in [0.1, 0.15) is 0 Å². The predicted octanol–water partition coefficient (Wildman–Crippen LogP) is 2.50. The lowest BCUT2D eigenvalue weighted by Gasteiger charge is -2.32. The summed E-state index contributed by atoms with van der Waals surface area (Å²) in [6, 6.07) is 3.23. The van der Waals surface area contributed by atoms with Crippen molar-refractivity contribution in [3.05, 3.63) is 17.2 Å². The Labute approximate surface area is 143 Å². The van der Waals surface area contributed by atoms with Crippen molar-refractivity contribution in [2.24, 2.45) is 0 Å². The maximum absolute atomic E-state index is 11.3. The maximum Gasteiger partial charge on any atom is 0.497 e. The molecular weight excluding hydrogens is 361 g/mol. The third kappa shape index (κ3) is 2.90. The summed E-state index contributed by atoms with van der Waals surface area (Å²) >= 11 is 6.97. The first-order valence-corrected chi connectivity index (χ1v) is 9.47. The highest BCUT2D eigenvalue weighted by Gasteiger charge is 2.52. The predicted molar refractivity (Wildman–Crippen MR) is 90.2 cm³/mol. The molecular formula is C13H15BClNO5S2. The van der Waals surface area contributed by atoms with Crippen LogP contribution in [0.2, 0.25) is 5.02 Å². The van der Waals surface area contributed by atoms with E-state index in [-0.39, 0.29) is 4.34 Å². The summed E-state index contributed by atoms with van der Waals surface area (Å²) in [4.78, 5) is 4.03. The molecule has 0 atom stereocenters. The molecule has 6 nitrogen and oxygen atoms in total. The van der Waals surface area contributed by atoms with E-state index in [9.17, 15) is 13.0 Å². The molecule has 1 N–H and O–H groups in total. The summed E-state index contributed by atoms with van der Waals surface area (Å²) < 4.78 is 44.0. The topological polar surface area (TPSA) is 85.7 Å². The number of nitrogens with zero attached hydrogens (tertiary/aromatic N) is 1. The Morgan fingerprint density at radius 3 is 2.30 bits per heavy atom. The van der Waals surface area contributed by atoms with Crippen LogP contribution in [0.15, 0.2) is 16.5 Å². The second-order valence-corrected chi connectivity index (χ2v) is 9.45. The van der Waals surface area contributed by atoms with E-state index < -0.39 is 28.4 Å². The van der Waals surface area contributed by atoms with E-state index >= 15 is 0 Å². The van der Waals surface area contributed by atoms with Gasteiger partial charge in [-0.3, -0.25) is 4.55 Å². The standard InChI is InChI=1S/C13H15BClNO5S2/c1-12(2)13(3,4)21-14(20-12)8-5-7(15)6-9-10(8)16-11(22-9)23(17,18)19/h5-6H,1-4H3,(H,17,18,19). The molecule has 0 spiro atoms. The van der Waals surface area contributed by atoms with Gasteiger partial charge >= 0.3 is 17.2 Å². The second-order valence-electron chi connectivity index (χ2n) is 6.38. The van der Waals surface area contributed by atoms with Gasteiger partial charge in [0, 0.05) is 10.5 Å². The summed E-state index contributed by atoms with van der Waals surface area (Å²) in [6.07, 6.45) is 0. The monoisotopic (exact) mass is 375 g/mol. The summed E-state index contributed by atoms with van der Waals surface area (Å²) in [6.45, 7) is 7.66. The summed E-state index contributed by atoms with van der Waals surface area (Å²) in [5, 5.41) is 0.410. The first-order valence-electron chi connectivity index (χ1n) is 6.84. The van der Waals surface area contributed by atoms with Crippen molar-refractivity contribution in [3.8, 4) is 0 Å². The molecule has 0 saturated carbocycles. The van der Waals surface area contributed by atoms with Crippen LogP contribution in [-0.2, 0) is 19.4 Å². The van der Waals surface area contributed by atoms with Crippen molar-refractivity contribution >= 4 is 55.9 Å². The van der Waals surface area contributed by atoms with Crippen molar-refractivity contribution in [3.63, 3.8) is 0 Å². The van der Waals surface area contributed by atoms with Gasteiger partial charge in [-0.05, 0) is 39.8 Å². The zero-order valence-corrected chi connectivity index (χ0v) is 15.3. The number of halogens is 1. The van der Waals surface area contributed by atoms with Gasteiger partial charge in [-0.15, -0.1) is 11.3 Å². The minimum Gasteiger partial charge on any atom is -0.399 e. The molecule has 0 bridgehead atoms. The SMILES string of the molecule is CC1(C)OB(c2cc(Cl)cc3sc(S(=O)(=O)O)nc23)OC1(C)C. The summed E-state index contributed by atoms with van der Waals surface area (Å²) in [5.41, 5.74) is -0.162. The van der Waals surface area contributed by atoms with Gasteiger partial charge in [-0.25, -0.2) is 4.98 Å². The fourth-order valence-corrected chi connectivity index (χ4v) is 4.22. The third-order valence-electron chi connectivity index (χ3n) is 4.20. The van der Waals surface area contributed by atoms with E-state index in [1.807, 2.05) is 27.7 Å². The number of fused-ring (bicyclic) bond motifs is 1. The number of rotatable bonds is 2. The van der Waals surface area contributed by atoms with E-state index in [1.54, 1.807) is 12.1 Å². The van der Waals surface area contributed by atoms with Crippen LogP contribution in [0.3, 0.4) is 0 Å². The molecule has 23 heavy (non-hydrogen) atoms. The van der Waals surface area contributed by atoms with Gasteiger partial charge in [-0.2, -0.15) is 8.42 Å². The lowest BCUT2D eigenvalue weighted by atomic mass is 9.78. The zero-order chi connectivity index (χ0) is 17.2. The van der Waals surface area contributed by atoms with Gasteiger partial charge in [0.15, 0.2) is 0 Å². The largest absolute Gasteiger partial charge is 0.497 e. The molecule has 1 aromatic heterocycles. The average molecular weight is 376 g/mol. The zero-order valence-electron chi connectivity index (χ0n) is 13.0. The first-order chi connectivity index (χ1) is 10.4. The minimum absolute atomic E-state index is 0.382. The highest BCUT2D eigenvalue weighted by Crippen LogP contribution is 2.37. The number of aromatic nitrogens is 1. The molecule has 1 aliphatic heterocycles. The van der Waals surface area contributed by atoms with Crippen molar-refractivity contribution in [2.45, 2.75) is 43.2 Å². The molecule has 3 rings (SSSR count). The molecule has 0 aliphatic carbocycles. The summed E-state index contributed by atoms with van der Waals surface area (Å²) in [7, 11) is -5.11. The van der Waals surface area contributed by atoms with E-state index in [0.717, 1.165) is 11.3 Å². The smallest absolute Gasteiger partial charge is 0.399 e. The molecule has 1 saturated heterocycles. The van der Waals surface area contributed by atoms with Crippen LogP contribution in [0, 0.1) is 0 Å². The van der Waals surface area contributed by atoms with Gasteiger partial charge in [0.2, 0.25) is 4.34 Å². The summed E-state index contributed by atoms with van der Waals surface area (Å²) in [5.74, 6) is 0. The van der Waals surface area contributed by atoms with Gasteiger partial charge in [-0.1, -0.05) is 11.6 Å². The molecule has 124 valence electrons. The molecule has 1 fully saturated rings.